The molecular formula is C15H25NO3. The highest BCUT2D eigenvalue weighted by molar-refractivity contribution is 5.39. The van der Waals surface area contributed by atoms with Crippen molar-refractivity contribution in [3.63, 3.8) is 0 Å². The third-order valence-electron chi connectivity index (χ3n) is 2.97. The van der Waals surface area contributed by atoms with Crippen molar-refractivity contribution in [1.82, 2.24) is 5.32 Å². The molecule has 0 saturated carbocycles. The fraction of sp³-hybridized carbons (Fsp3) is 0.600. The first-order valence-electron chi connectivity index (χ1n) is 6.70. The highest BCUT2D eigenvalue weighted by Crippen LogP contribution is 2.26. The number of benzene rings is 1. The zero-order valence-electron chi connectivity index (χ0n) is 12.4. The lowest BCUT2D eigenvalue weighted by Gasteiger charge is -2.20. The van der Waals surface area contributed by atoms with Crippen molar-refractivity contribution in [2.45, 2.75) is 19.9 Å². The molecule has 0 aliphatic heterocycles. The summed E-state index contributed by atoms with van der Waals surface area (Å²) >= 11 is 0. The molecule has 1 aromatic carbocycles. The fourth-order valence-corrected chi connectivity index (χ4v) is 1.92. The molecule has 0 fully saturated rings. The van der Waals surface area contributed by atoms with Crippen LogP contribution in [0.3, 0.4) is 0 Å². The van der Waals surface area contributed by atoms with E-state index in [1.165, 1.54) is 5.56 Å². The highest BCUT2D eigenvalue weighted by atomic mass is 16.5. The van der Waals surface area contributed by atoms with Crippen LogP contribution in [-0.2, 0) is 9.47 Å². The molecule has 0 amide bonds. The van der Waals surface area contributed by atoms with Crippen molar-refractivity contribution in [2.75, 3.05) is 40.6 Å². The summed E-state index contributed by atoms with van der Waals surface area (Å²) in [6, 6.07) is 6.29. The molecule has 0 saturated heterocycles. The van der Waals surface area contributed by atoms with Crippen LogP contribution in [0.1, 0.15) is 24.1 Å². The molecular weight excluding hydrogens is 242 g/mol. The SMILES string of the molecule is CCOCCOCC(NC)c1cc(C)ccc1OC. The lowest BCUT2D eigenvalue weighted by atomic mass is 10.0. The van der Waals surface area contributed by atoms with Crippen LogP contribution in [0.25, 0.3) is 0 Å². The molecule has 0 aromatic heterocycles. The average Bonchev–Trinajstić information content (AvgIpc) is 2.43. The van der Waals surface area contributed by atoms with Gasteiger partial charge in [-0.2, -0.15) is 0 Å². The number of methoxy groups -OCH3 is 1. The van der Waals surface area contributed by atoms with Gasteiger partial charge in [-0.15, -0.1) is 0 Å². The van der Waals surface area contributed by atoms with E-state index in [0.29, 0.717) is 19.8 Å². The minimum atomic E-state index is 0.122. The van der Waals surface area contributed by atoms with Crippen molar-refractivity contribution >= 4 is 0 Å². The first-order valence-corrected chi connectivity index (χ1v) is 6.70. The largest absolute Gasteiger partial charge is 0.496 e. The third-order valence-corrected chi connectivity index (χ3v) is 2.97. The second kappa shape index (κ2) is 8.91. The number of aryl methyl sites for hydroxylation is 1. The summed E-state index contributed by atoms with van der Waals surface area (Å²) in [6.45, 7) is 6.63. The van der Waals surface area contributed by atoms with E-state index in [-0.39, 0.29) is 6.04 Å². The highest BCUT2D eigenvalue weighted by Gasteiger charge is 2.14. The first-order chi connectivity index (χ1) is 9.22. The van der Waals surface area contributed by atoms with Gasteiger partial charge in [-0.3, -0.25) is 0 Å². The van der Waals surface area contributed by atoms with Crippen molar-refractivity contribution in [2.24, 2.45) is 0 Å². The number of ether oxygens (including phenoxy) is 3. The second-order valence-corrected chi connectivity index (χ2v) is 4.36. The molecule has 4 heteroatoms. The van der Waals surface area contributed by atoms with Gasteiger partial charge in [0, 0.05) is 12.2 Å². The molecule has 0 aliphatic carbocycles. The van der Waals surface area contributed by atoms with Crippen LogP contribution in [0.5, 0.6) is 5.75 Å². The van der Waals surface area contributed by atoms with Crippen molar-refractivity contribution in [3.05, 3.63) is 29.3 Å². The topological polar surface area (TPSA) is 39.7 Å². The molecule has 4 nitrogen and oxygen atoms in total. The van der Waals surface area contributed by atoms with E-state index in [1.54, 1.807) is 7.11 Å². The van der Waals surface area contributed by atoms with Crippen molar-refractivity contribution in [1.29, 1.82) is 0 Å². The first kappa shape index (κ1) is 16.0. The summed E-state index contributed by atoms with van der Waals surface area (Å²) in [5.74, 6) is 0.887. The Morgan fingerprint density at radius 3 is 2.58 bits per heavy atom. The summed E-state index contributed by atoms with van der Waals surface area (Å²) in [6.07, 6.45) is 0. The van der Waals surface area contributed by atoms with Gasteiger partial charge in [0.15, 0.2) is 0 Å². The molecule has 0 aliphatic rings. The Kier molecular flexibility index (Phi) is 7.48. The Bertz CT molecular complexity index is 368. The van der Waals surface area contributed by atoms with Gasteiger partial charge in [0.2, 0.25) is 0 Å². The summed E-state index contributed by atoms with van der Waals surface area (Å²) in [5, 5.41) is 3.27. The maximum Gasteiger partial charge on any atom is 0.123 e. The maximum absolute atomic E-state index is 5.64. The summed E-state index contributed by atoms with van der Waals surface area (Å²) in [4.78, 5) is 0. The number of likely N-dealkylation sites (N-methyl/N-ethyl adjacent to an activating group) is 1. The summed E-state index contributed by atoms with van der Waals surface area (Å²) in [7, 11) is 3.62. The van der Waals surface area contributed by atoms with E-state index in [2.05, 4.69) is 18.3 Å². The van der Waals surface area contributed by atoms with Gasteiger partial charge in [0.25, 0.3) is 0 Å². The summed E-state index contributed by atoms with van der Waals surface area (Å²) < 4.78 is 16.3. The van der Waals surface area contributed by atoms with E-state index in [9.17, 15) is 0 Å². The van der Waals surface area contributed by atoms with Crippen LogP contribution in [0, 0.1) is 6.92 Å². The predicted octanol–water partition coefficient (Wildman–Crippen LogP) is 2.32. The van der Waals surface area contributed by atoms with Crippen LogP contribution in [0.2, 0.25) is 0 Å². The smallest absolute Gasteiger partial charge is 0.123 e. The quantitative estimate of drug-likeness (QED) is 0.697. The van der Waals surface area contributed by atoms with Crippen LogP contribution >= 0.6 is 0 Å². The maximum atomic E-state index is 5.64. The molecule has 0 bridgehead atoms. The van der Waals surface area contributed by atoms with Gasteiger partial charge in [0.1, 0.15) is 5.75 Å². The molecule has 0 radical (unpaired) electrons. The fourth-order valence-electron chi connectivity index (χ4n) is 1.92. The Morgan fingerprint density at radius 2 is 1.95 bits per heavy atom. The molecule has 1 aromatic rings. The van der Waals surface area contributed by atoms with E-state index < -0.39 is 0 Å². The molecule has 1 rings (SSSR count). The average molecular weight is 267 g/mol. The van der Waals surface area contributed by atoms with Gasteiger partial charge >= 0.3 is 0 Å². The predicted molar refractivity (Wildman–Crippen MR) is 76.8 cm³/mol. The van der Waals surface area contributed by atoms with Gasteiger partial charge in [-0.05, 0) is 27.0 Å². The van der Waals surface area contributed by atoms with Gasteiger partial charge < -0.3 is 19.5 Å². The monoisotopic (exact) mass is 267 g/mol. The van der Waals surface area contributed by atoms with E-state index in [0.717, 1.165) is 17.9 Å². The van der Waals surface area contributed by atoms with Gasteiger partial charge in [-0.1, -0.05) is 17.7 Å². The second-order valence-electron chi connectivity index (χ2n) is 4.36. The Morgan fingerprint density at radius 1 is 1.21 bits per heavy atom. The van der Waals surface area contributed by atoms with E-state index >= 15 is 0 Å². The molecule has 1 N–H and O–H groups in total. The zero-order valence-corrected chi connectivity index (χ0v) is 12.4. The van der Waals surface area contributed by atoms with Crippen LogP contribution < -0.4 is 10.1 Å². The third kappa shape index (κ3) is 5.19. The van der Waals surface area contributed by atoms with E-state index in [4.69, 9.17) is 14.2 Å². The summed E-state index contributed by atoms with van der Waals surface area (Å²) in [5.41, 5.74) is 2.34. The van der Waals surface area contributed by atoms with Gasteiger partial charge in [0.05, 0.1) is 33.0 Å². The normalized spacial score (nSPS) is 12.4. The minimum absolute atomic E-state index is 0.122. The molecule has 0 heterocycles. The van der Waals surface area contributed by atoms with Crippen LogP contribution in [0.4, 0.5) is 0 Å². The van der Waals surface area contributed by atoms with Crippen molar-refractivity contribution < 1.29 is 14.2 Å². The number of hydrogen-bond acceptors (Lipinski definition) is 4. The lowest BCUT2D eigenvalue weighted by molar-refractivity contribution is 0.0439. The Hall–Kier alpha value is -1.10. The molecule has 108 valence electrons. The minimum Gasteiger partial charge on any atom is -0.496 e. The standard InChI is InChI=1S/C15H25NO3/c1-5-18-8-9-19-11-14(16-3)13-10-12(2)6-7-15(13)17-4/h6-7,10,14,16H,5,8-9,11H2,1-4H3. The Labute approximate surface area is 116 Å². The molecule has 1 atom stereocenters. The molecule has 0 spiro atoms. The molecule has 19 heavy (non-hydrogen) atoms. The van der Waals surface area contributed by atoms with Crippen LogP contribution in [-0.4, -0.2) is 40.6 Å². The number of nitrogens with one attached hydrogen (secondary N) is 1. The number of hydrogen-bond donors (Lipinski definition) is 1. The lowest BCUT2D eigenvalue weighted by Crippen LogP contribution is -2.23. The van der Waals surface area contributed by atoms with Crippen molar-refractivity contribution in [3.8, 4) is 5.75 Å². The Balaban J connectivity index is 2.60. The van der Waals surface area contributed by atoms with Crippen LogP contribution in [0.15, 0.2) is 18.2 Å². The molecule has 1 unspecified atom stereocenters. The zero-order chi connectivity index (χ0) is 14.1. The van der Waals surface area contributed by atoms with Gasteiger partial charge in [-0.25, -0.2) is 0 Å². The van der Waals surface area contributed by atoms with E-state index in [1.807, 2.05) is 26.1 Å². The number of rotatable bonds is 9.